The zero-order valence-electron chi connectivity index (χ0n) is 28.9. The van der Waals surface area contributed by atoms with Gasteiger partial charge in [-0.15, -0.1) is 0 Å². The maximum Gasteiger partial charge on any atom is 0.289 e. The second kappa shape index (κ2) is 14.5. The molecule has 4 saturated carbocycles. The van der Waals surface area contributed by atoms with Crippen molar-refractivity contribution < 1.29 is 28.8 Å². The molecule has 1 unspecified atom stereocenters. The van der Waals surface area contributed by atoms with Gasteiger partial charge in [-0.05, 0) is 67.6 Å². The highest BCUT2D eigenvalue weighted by Crippen LogP contribution is 2.50. The smallest absolute Gasteiger partial charge is 0.289 e. The number of likely N-dealkylation sites (tertiary alicyclic amines) is 1. The molecule has 0 spiro atoms. The number of hydrogen-bond acceptors (Lipinski definition) is 8. The standard InChI is InChI=1S/C36H51N7O6/c1-36(2,3)30(42-32(46)27(21-10-5-4-6-11-21)41-31(45)26-18-37-14-15-38-26)35(49)43-19-22-17-24(22)28(43)33(47)40-25(16-20-8-7-9-20)29(44)34(48)39-23-12-13-23/h14-15,18,20-25,27-28,30H,4-13,16-17,19H2,1-3H3,(H,39,48)(H,40,47)(H,41,45)(H,42,46)/t22-,24-,25?,27-,28-,30+/m0/s1. The van der Waals surface area contributed by atoms with E-state index in [0.29, 0.717) is 13.0 Å². The van der Waals surface area contributed by atoms with Crippen molar-refractivity contribution in [3.8, 4) is 0 Å². The van der Waals surface area contributed by atoms with Gasteiger partial charge in [0, 0.05) is 25.0 Å². The number of carbonyl (C=O) groups excluding carboxylic acids is 6. The molecule has 1 saturated heterocycles. The summed E-state index contributed by atoms with van der Waals surface area (Å²) < 4.78 is 0. The number of rotatable bonds is 13. The Bertz CT molecular complexity index is 1430. The number of piperidine rings is 1. The lowest BCUT2D eigenvalue weighted by Gasteiger charge is -2.38. The minimum Gasteiger partial charge on any atom is -0.347 e. The highest BCUT2D eigenvalue weighted by atomic mass is 16.2. The molecular weight excluding hydrogens is 626 g/mol. The lowest BCUT2D eigenvalue weighted by molar-refractivity contribution is -0.146. The van der Waals surface area contributed by atoms with Gasteiger partial charge in [0.1, 0.15) is 23.8 Å². The van der Waals surface area contributed by atoms with Crippen molar-refractivity contribution in [2.75, 3.05) is 6.54 Å². The Labute approximate surface area is 287 Å². The van der Waals surface area contributed by atoms with Crippen LogP contribution in [0.3, 0.4) is 0 Å². The molecule has 4 N–H and O–H groups in total. The number of ketones is 1. The molecule has 1 aromatic heterocycles. The van der Waals surface area contributed by atoms with Crippen molar-refractivity contribution in [1.29, 1.82) is 0 Å². The maximum atomic E-state index is 14.4. The van der Waals surface area contributed by atoms with E-state index in [1.54, 1.807) is 4.90 Å². The third-order valence-corrected chi connectivity index (χ3v) is 11.2. The topological polar surface area (TPSA) is 180 Å². The largest absolute Gasteiger partial charge is 0.347 e. The number of amides is 5. The maximum absolute atomic E-state index is 14.4. The number of aromatic nitrogens is 2. The Hall–Kier alpha value is -3.90. The van der Waals surface area contributed by atoms with Crippen LogP contribution in [-0.2, 0) is 24.0 Å². The molecule has 13 heteroatoms. The summed E-state index contributed by atoms with van der Waals surface area (Å²) in [7, 11) is 0. The van der Waals surface area contributed by atoms with Crippen LogP contribution in [0.15, 0.2) is 18.6 Å². The third kappa shape index (κ3) is 8.29. The Morgan fingerprint density at radius 1 is 0.898 bits per heavy atom. The van der Waals surface area contributed by atoms with E-state index in [9.17, 15) is 28.8 Å². The molecule has 4 aliphatic carbocycles. The predicted octanol–water partition coefficient (Wildman–Crippen LogP) is 2.06. The fourth-order valence-corrected chi connectivity index (χ4v) is 7.76. The average molecular weight is 678 g/mol. The first-order chi connectivity index (χ1) is 23.4. The van der Waals surface area contributed by atoms with Crippen LogP contribution >= 0.6 is 0 Å². The lowest BCUT2D eigenvalue weighted by atomic mass is 9.80. The normalized spacial score (nSPS) is 25.5. The SMILES string of the molecule is CC(C)(C)[C@H](NC(=O)[C@@H](NC(=O)c1cnccn1)C1CCCCC1)C(=O)N1C[C@@H]2C[C@@H]2[C@H]1C(=O)NC(CC1CCC1)C(=O)C(=O)NC1CC1. The molecule has 5 amide bonds. The van der Waals surface area contributed by atoms with Crippen molar-refractivity contribution >= 4 is 35.3 Å². The molecule has 2 heterocycles. The molecule has 6 rings (SSSR count). The van der Waals surface area contributed by atoms with E-state index in [1.807, 2.05) is 20.8 Å². The summed E-state index contributed by atoms with van der Waals surface area (Å²) in [4.78, 5) is 91.3. The van der Waals surface area contributed by atoms with E-state index < -0.39 is 59.0 Å². The fraction of sp³-hybridized carbons (Fsp3) is 0.722. The molecule has 266 valence electrons. The lowest BCUT2D eigenvalue weighted by Crippen LogP contribution is -2.62. The molecule has 0 aromatic carbocycles. The quantitative estimate of drug-likeness (QED) is 0.229. The summed E-state index contributed by atoms with van der Waals surface area (Å²) in [5.74, 6) is -2.76. The van der Waals surface area contributed by atoms with Crippen LogP contribution in [0, 0.1) is 29.1 Å². The fourth-order valence-electron chi connectivity index (χ4n) is 7.76. The molecule has 0 bridgehead atoms. The van der Waals surface area contributed by atoms with Gasteiger partial charge < -0.3 is 26.2 Å². The summed E-state index contributed by atoms with van der Waals surface area (Å²) in [5.41, 5.74) is -0.625. The zero-order chi connectivity index (χ0) is 34.9. The van der Waals surface area contributed by atoms with Crippen LogP contribution in [0.2, 0.25) is 0 Å². The minimum absolute atomic E-state index is 0.0225. The summed E-state index contributed by atoms with van der Waals surface area (Å²) in [6.07, 6.45) is 14.6. The number of Topliss-reactive ketones (excluding diaryl/α,β-unsaturated/α-hetero) is 1. The van der Waals surface area contributed by atoms with Crippen LogP contribution < -0.4 is 21.3 Å². The van der Waals surface area contributed by atoms with E-state index >= 15 is 0 Å². The van der Waals surface area contributed by atoms with Crippen molar-refractivity contribution in [2.45, 2.75) is 128 Å². The molecule has 5 aliphatic rings. The number of fused-ring (bicyclic) bond motifs is 1. The number of hydrogen-bond donors (Lipinski definition) is 4. The molecule has 1 aliphatic heterocycles. The van der Waals surface area contributed by atoms with Crippen LogP contribution in [0.1, 0.15) is 108 Å². The molecule has 6 atom stereocenters. The first kappa shape index (κ1) is 34.9. The molecule has 49 heavy (non-hydrogen) atoms. The zero-order valence-corrected chi connectivity index (χ0v) is 28.9. The van der Waals surface area contributed by atoms with E-state index in [-0.39, 0.29) is 41.3 Å². The van der Waals surface area contributed by atoms with Gasteiger partial charge in [-0.2, -0.15) is 0 Å². The van der Waals surface area contributed by atoms with Crippen molar-refractivity contribution in [2.24, 2.45) is 29.1 Å². The Kier molecular flexibility index (Phi) is 10.4. The summed E-state index contributed by atoms with van der Waals surface area (Å²) >= 11 is 0. The first-order valence-corrected chi connectivity index (χ1v) is 18.2. The predicted molar refractivity (Wildman–Crippen MR) is 178 cm³/mol. The van der Waals surface area contributed by atoms with E-state index in [4.69, 9.17) is 0 Å². The van der Waals surface area contributed by atoms with Crippen molar-refractivity contribution in [3.63, 3.8) is 0 Å². The van der Waals surface area contributed by atoms with E-state index in [2.05, 4.69) is 31.2 Å². The molecule has 5 fully saturated rings. The first-order valence-electron chi connectivity index (χ1n) is 18.2. The van der Waals surface area contributed by atoms with Gasteiger partial charge in [0.15, 0.2) is 0 Å². The highest BCUT2D eigenvalue weighted by molar-refractivity contribution is 6.38. The third-order valence-electron chi connectivity index (χ3n) is 11.2. The van der Waals surface area contributed by atoms with E-state index in [0.717, 1.165) is 70.6 Å². The Morgan fingerprint density at radius 3 is 2.24 bits per heavy atom. The van der Waals surface area contributed by atoms with Gasteiger partial charge in [0.25, 0.3) is 11.8 Å². The molecular formula is C36H51N7O6. The molecule has 1 aromatic rings. The summed E-state index contributed by atoms with van der Waals surface area (Å²) in [5, 5.41) is 11.5. The Morgan fingerprint density at radius 2 is 1.63 bits per heavy atom. The van der Waals surface area contributed by atoms with E-state index in [1.165, 1.54) is 18.6 Å². The van der Waals surface area contributed by atoms with Gasteiger partial charge in [0.2, 0.25) is 23.5 Å². The van der Waals surface area contributed by atoms with Crippen LogP contribution in [0.5, 0.6) is 0 Å². The second-order valence-electron chi connectivity index (χ2n) is 16.0. The van der Waals surface area contributed by atoms with Crippen LogP contribution in [-0.4, -0.2) is 86.9 Å². The summed E-state index contributed by atoms with van der Waals surface area (Å²) in [6, 6.07) is -3.58. The number of nitrogens with zero attached hydrogens (tertiary/aromatic N) is 3. The summed E-state index contributed by atoms with van der Waals surface area (Å²) in [6.45, 7) is 5.97. The average Bonchev–Trinajstić information content (AvgIpc) is 4.00. The molecule has 13 nitrogen and oxygen atoms in total. The Balaban J connectivity index is 1.17. The highest BCUT2D eigenvalue weighted by Gasteiger charge is 2.58. The number of carbonyl (C=O) groups is 6. The van der Waals surface area contributed by atoms with Crippen LogP contribution in [0.4, 0.5) is 0 Å². The van der Waals surface area contributed by atoms with Gasteiger partial charge >= 0.3 is 0 Å². The van der Waals surface area contributed by atoms with Gasteiger partial charge in [0.05, 0.1) is 12.2 Å². The van der Waals surface area contributed by atoms with Crippen molar-refractivity contribution in [1.82, 2.24) is 36.1 Å². The monoisotopic (exact) mass is 677 g/mol. The minimum atomic E-state index is -0.982. The van der Waals surface area contributed by atoms with Crippen LogP contribution in [0.25, 0.3) is 0 Å². The van der Waals surface area contributed by atoms with Gasteiger partial charge in [-0.1, -0.05) is 59.3 Å². The van der Waals surface area contributed by atoms with Gasteiger partial charge in [-0.25, -0.2) is 4.98 Å². The van der Waals surface area contributed by atoms with Gasteiger partial charge in [-0.3, -0.25) is 33.8 Å². The molecule has 0 radical (unpaired) electrons. The van der Waals surface area contributed by atoms with Crippen molar-refractivity contribution in [3.05, 3.63) is 24.3 Å². The number of nitrogens with one attached hydrogen (secondary N) is 4. The second-order valence-corrected chi connectivity index (χ2v) is 16.0.